The molecule has 19 heavy (non-hydrogen) atoms. The van der Waals surface area contributed by atoms with Gasteiger partial charge in [-0.25, -0.2) is 0 Å². The van der Waals surface area contributed by atoms with Gasteiger partial charge in [0.25, 0.3) is 5.91 Å². The molecule has 0 aliphatic rings. The van der Waals surface area contributed by atoms with Crippen LogP contribution in [-0.4, -0.2) is 16.9 Å². The van der Waals surface area contributed by atoms with Crippen LogP contribution in [0.25, 0.3) is 0 Å². The Morgan fingerprint density at radius 2 is 1.84 bits per heavy atom. The lowest BCUT2D eigenvalue weighted by atomic mass is 9.83. The van der Waals surface area contributed by atoms with Gasteiger partial charge in [0, 0.05) is 12.1 Å². The predicted octanol–water partition coefficient (Wildman–Crippen LogP) is 4.32. The number of unbranched alkanes of at least 4 members (excludes halogenated alkanes) is 2. The fourth-order valence-electron chi connectivity index (χ4n) is 2.03. The Labute approximate surface area is 130 Å². The molecule has 2 nitrogen and oxygen atoms in total. The van der Waals surface area contributed by atoms with Crippen molar-refractivity contribution >= 4 is 28.5 Å². The molecule has 0 spiro atoms. The molecule has 0 fully saturated rings. The van der Waals surface area contributed by atoms with Crippen molar-refractivity contribution in [2.45, 2.75) is 45.4 Å². The average molecular weight is 373 g/mol. The summed E-state index contributed by atoms with van der Waals surface area (Å²) in [6.07, 6.45) is 3.48. The van der Waals surface area contributed by atoms with Gasteiger partial charge >= 0.3 is 0 Å². The van der Waals surface area contributed by atoms with E-state index in [4.69, 9.17) is 0 Å². The normalized spacial score (nSPS) is 11.4. The van der Waals surface area contributed by atoms with Crippen LogP contribution in [0.4, 0.5) is 0 Å². The molecular formula is C16H24INO. The van der Waals surface area contributed by atoms with E-state index in [1.807, 2.05) is 24.3 Å². The zero-order valence-corrected chi connectivity index (χ0v) is 14.3. The average Bonchev–Trinajstić information content (AvgIpc) is 2.37. The first-order chi connectivity index (χ1) is 8.96. The third-order valence-corrected chi connectivity index (χ3v) is 3.84. The van der Waals surface area contributed by atoms with Crippen molar-refractivity contribution in [3.8, 4) is 0 Å². The van der Waals surface area contributed by atoms with E-state index in [0.29, 0.717) is 0 Å². The molecule has 0 aromatic heterocycles. The van der Waals surface area contributed by atoms with Gasteiger partial charge in [0.15, 0.2) is 0 Å². The van der Waals surface area contributed by atoms with E-state index in [1.54, 1.807) is 0 Å². The van der Waals surface area contributed by atoms with E-state index < -0.39 is 0 Å². The predicted molar refractivity (Wildman–Crippen MR) is 90.2 cm³/mol. The van der Waals surface area contributed by atoms with Gasteiger partial charge in [-0.3, -0.25) is 4.79 Å². The first-order valence-electron chi connectivity index (χ1n) is 6.90. The molecule has 0 saturated heterocycles. The number of alkyl halides is 1. The molecule has 1 N–H and O–H groups in total. The summed E-state index contributed by atoms with van der Waals surface area (Å²) in [5, 5.41) is 3.03. The Hall–Kier alpha value is -0.580. The van der Waals surface area contributed by atoms with E-state index in [-0.39, 0.29) is 11.3 Å². The largest absolute Gasteiger partial charge is 0.352 e. The Bertz CT molecular complexity index is 409. The quantitative estimate of drug-likeness (QED) is 0.449. The number of hydrogen-bond acceptors (Lipinski definition) is 1. The van der Waals surface area contributed by atoms with E-state index >= 15 is 0 Å². The summed E-state index contributed by atoms with van der Waals surface area (Å²) in [6.45, 7) is 7.19. The van der Waals surface area contributed by atoms with Crippen LogP contribution in [0.1, 0.15) is 56.0 Å². The van der Waals surface area contributed by atoms with Crippen LogP contribution < -0.4 is 5.32 Å². The molecule has 1 amide bonds. The third kappa shape index (κ3) is 5.51. The second-order valence-corrected chi connectivity index (χ2v) is 6.88. The highest BCUT2D eigenvalue weighted by Crippen LogP contribution is 2.25. The van der Waals surface area contributed by atoms with Crippen molar-refractivity contribution in [1.29, 1.82) is 0 Å². The number of nitrogens with one attached hydrogen (secondary N) is 1. The number of carbonyl (C=O) groups excluding carboxylic acids is 1. The number of hydrogen-bond donors (Lipinski definition) is 1. The lowest BCUT2D eigenvalue weighted by Crippen LogP contribution is -2.28. The van der Waals surface area contributed by atoms with Gasteiger partial charge < -0.3 is 5.32 Å². The topological polar surface area (TPSA) is 29.1 Å². The van der Waals surface area contributed by atoms with Crippen LogP contribution in [0, 0.1) is 0 Å². The molecule has 0 radical (unpaired) electrons. The van der Waals surface area contributed by atoms with Crippen molar-refractivity contribution in [2.24, 2.45) is 0 Å². The maximum absolute atomic E-state index is 12.2. The first kappa shape index (κ1) is 16.5. The van der Waals surface area contributed by atoms with Crippen LogP contribution in [-0.2, 0) is 5.41 Å². The minimum atomic E-state index is -0.00482. The summed E-state index contributed by atoms with van der Waals surface area (Å²) in [5.41, 5.74) is 1.92. The first-order valence-corrected chi connectivity index (χ1v) is 8.43. The van der Waals surface area contributed by atoms with Crippen LogP contribution in [0.5, 0.6) is 0 Å². The van der Waals surface area contributed by atoms with Crippen LogP contribution in [0.2, 0.25) is 0 Å². The van der Waals surface area contributed by atoms with Crippen LogP contribution >= 0.6 is 22.6 Å². The maximum Gasteiger partial charge on any atom is 0.251 e. The van der Waals surface area contributed by atoms with Gasteiger partial charge in [0.2, 0.25) is 0 Å². The number of rotatable bonds is 6. The molecule has 1 aromatic carbocycles. The Balaban J connectivity index is 2.62. The molecule has 1 rings (SSSR count). The molecule has 0 saturated carbocycles. The molecule has 106 valence electrons. The van der Waals surface area contributed by atoms with Gasteiger partial charge in [-0.15, -0.1) is 0 Å². The highest BCUT2D eigenvalue weighted by atomic mass is 127. The van der Waals surface area contributed by atoms with Crippen molar-refractivity contribution in [1.82, 2.24) is 5.32 Å². The SMILES string of the molecule is CC(C)(C)c1ccccc1C(=O)NCCCCCI. The molecule has 0 aliphatic heterocycles. The van der Waals surface area contributed by atoms with E-state index in [2.05, 4.69) is 48.7 Å². The summed E-state index contributed by atoms with van der Waals surface area (Å²) >= 11 is 2.39. The molecule has 3 heteroatoms. The summed E-state index contributed by atoms with van der Waals surface area (Å²) in [4.78, 5) is 12.2. The molecule has 0 unspecified atom stereocenters. The third-order valence-electron chi connectivity index (χ3n) is 3.08. The number of carbonyl (C=O) groups is 1. The standard InChI is InChI=1S/C16H24INO/c1-16(2,3)14-10-6-5-9-13(14)15(19)18-12-8-4-7-11-17/h5-6,9-10H,4,7-8,11-12H2,1-3H3,(H,18,19). The molecule has 0 atom stereocenters. The molecule has 0 aliphatic carbocycles. The zero-order chi connectivity index (χ0) is 14.3. The van der Waals surface area contributed by atoms with E-state index in [0.717, 1.165) is 24.1 Å². The maximum atomic E-state index is 12.2. The van der Waals surface area contributed by atoms with Crippen LogP contribution in [0.15, 0.2) is 24.3 Å². The minimum absolute atomic E-state index is 0.00482. The van der Waals surface area contributed by atoms with E-state index in [9.17, 15) is 4.79 Å². The van der Waals surface area contributed by atoms with E-state index in [1.165, 1.54) is 17.3 Å². The number of amides is 1. The lowest BCUT2D eigenvalue weighted by molar-refractivity contribution is 0.0951. The molecular weight excluding hydrogens is 349 g/mol. The van der Waals surface area contributed by atoms with Crippen molar-refractivity contribution < 1.29 is 4.79 Å². The van der Waals surface area contributed by atoms with Crippen molar-refractivity contribution in [3.05, 3.63) is 35.4 Å². The monoisotopic (exact) mass is 373 g/mol. The summed E-state index contributed by atoms with van der Waals surface area (Å²) in [6, 6.07) is 7.89. The highest BCUT2D eigenvalue weighted by molar-refractivity contribution is 14.1. The van der Waals surface area contributed by atoms with Crippen molar-refractivity contribution in [3.63, 3.8) is 0 Å². The number of halogens is 1. The summed E-state index contributed by atoms with van der Waals surface area (Å²) in [5.74, 6) is 0.0556. The molecule has 1 aromatic rings. The number of benzene rings is 1. The highest BCUT2D eigenvalue weighted by Gasteiger charge is 2.20. The van der Waals surface area contributed by atoms with Crippen LogP contribution in [0.3, 0.4) is 0 Å². The van der Waals surface area contributed by atoms with Crippen molar-refractivity contribution in [2.75, 3.05) is 11.0 Å². The zero-order valence-electron chi connectivity index (χ0n) is 12.1. The second kappa shape index (κ2) is 7.88. The Morgan fingerprint density at radius 1 is 1.16 bits per heavy atom. The van der Waals surface area contributed by atoms with Gasteiger partial charge in [-0.05, 0) is 34.3 Å². The Morgan fingerprint density at radius 3 is 2.47 bits per heavy atom. The van der Waals surface area contributed by atoms with Gasteiger partial charge in [0.1, 0.15) is 0 Å². The fourth-order valence-corrected chi connectivity index (χ4v) is 2.57. The fraction of sp³-hybridized carbons (Fsp3) is 0.562. The molecule has 0 heterocycles. The summed E-state index contributed by atoms with van der Waals surface area (Å²) < 4.78 is 1.19. The lowest BCUT2D eigenvalue weighted by Gasteiger charge is -2.22. The molecule has 0 bridgehead atoms. The summed E-state index contributed by atoms with van der Waals surface area (Å²) in [7, 11) is 0. The van der Waals surface area contributed by atoms with Gasteiger partial charge in [0.05, 0.1) is 0 Å². The Kier molecular flexibility index (Phi) is 6.83. The van der Waals surface area contributed by atoms with Gasteiger partial charge in [-0.1, -0.05) is 68.0 Å². The minimum Gasteiger partial charge on any atom is -0.352 e. The van der Waals surface area contributed by atoms with Gasteiger partial charge in [-0.2, -0.15) is 0 Å². The second-order valence-electron chi connectivity index (χ2n) is 5.80. The smallest absolute Gasteiger partial charge is 0.251 e.